The summed E-state index contributed by atoms with van der Waals surface area (Å²) in [5, 5.41) is 3.95. The van der Waals surface area contributed by atoms with Crippen LogP contribution < -0.4 is 4.74 Å². The number of nitrogens with zero attached hydrogens (tertiary/aromatic N) is 3. The van der Waals surface area contributed by atoms with Crippen LogP contribution in [0.1, 0.15) is 22.8 Å². The Morgan fingerprint density at radius 3 is 2.38 bits per heavy atom. The summed E-state index contributed by atoms with van der Waals surface area (Å²) < 4.78 is 53.3. The van der Waals surface area contributed by atoms with Gasteiger partial charge in [0, 0.05) is 12.1 Å². The number of fused-ring (bicyclic) bond motifs is 1. The molecule has 0 spiro atoms. The van der Waals surface area contributed by atoms with Gasteiger partial charge < -0.3 is 13.8 Å². The molecule has 0 saturated carbocycles. The number of alkyl halides is 3. The summed E-state index contributed by atoms with van der Waals surface area (Å²) in [5.41, 5.74) is 3.15. The number of imidazole rings is 1. The van der Waals surface area contributed by atoms with Crippen molar-refractivity contribution in [1.82, 2.24) is 14.7 Å². The number of benzene rings is 2. The first-order chi connectivity index (χ1) is 13.8. The van der Waals surface area contributed by atoms with Gasteiger partial charge in [0.1, 0.15) is 11.3 Å². The van der Waals surface area contributed by atoms with Crippen LogP contribution in [0.15, 0.2) is 47.0 Å². The first kappa shape index (κ1) is 19.0. The number of halogens is 3. The molecule has 0 saturated heterocycles. The van der Waals surface area contributed by atoms with Gasteiger partial charge in [-0.15, -0.1) is 0 Å². The molecule has 4 aromatic rings. The largest absolute Gasteiger partial charge is 0.494 e. The van der Waals surface area contributed by atoms with E-state index in [0.717, 1.165) is 10.1 Å². The van der Waals surface area contributed by atoms with Crippen LogP contribution in [0, 0.1) is 13.8 Å². The minimum absolute atomic E-state index is 0.00754. The molecule has 0 amide bonds. The van der Waals surface area contributed by atoms with E-state index in [9.17, 15) is 13.2 Å². The van der Waals surface area contributed by atoms with E-state index in [0.29, 0.717) is 28.3 Å². The third-order valence-electron chi connectivity index (χ3n) is 4.81. The zero-order valence-corrected chi connectivity index (χ0v) is 16.0. The summed E-state index contributed by atoms with van der Waals surface area (Å²) in [4.78, 5) is 3.87. The second-order valence-corrected chi connectivity index (χ2v) is 6.72. The van der Waals surface area contributed by atoms with Crippen molar-refractivity contribution in [2.75, 3.05) is 7.11 Å². The van der Waals surface area contributed by atoms with Crippen LogP contribution in [0.3, 0.4) is 0 Å². The van der Waals surface area contributed by atoms with Crippen molar-refractivity contribution in [1.29, 1.82) is 0 Å². The van der Waals surface area contributed by atoms with E-state index in [1.165, 1.54) is 7.11 Å². The number of rotatable bonds is 4. The topological polar surface area (TPSA) is 53.1 Å². The summed E-state index contributed by atoms with van der Waals surface area (Å²) in [6, 6.07) is 12.2. The molecule has 5 nitrogen and oxygen atoms in total. The minimum atomic E-state index is -4.61. The summed E-state index contributed by atoms with van der Waals surface area (Å²) in [5.74, 6) is -0.105. The Kier molecular flexibility index (Phi) is 4.56. The molecule has 0 radical (unpaired) electrons. The fourth-order valence-electron chi connectivity index (χ4n) is 3.60. The lowest BCUT2D eigenvalue weighted by Gasteiger charge is -2.15. The maximum absolute atomic E-state index is 13.8. The fourth-order valence-corrected chi connectivity index (χ4v) is 3.60. The number of hydrogen-bond donors (Lipinski definition) is 0. The highest BCUT2D eigenvalue weighted by Gasteiger charge is 2.38. The highest BCUT2D eigenvalue weighted by Crippen LogP contribution is 2.42. The van der Waals surface area contributed by atoms with Crippen LogP contribution in [0.2, 0.25) is 0 Å². The molecule has 2 aromatic carbocycles. The van der Waals surface area contributed by atoms with Gasteiger partial charge in [-0.05, 0) is 31.5 Å². The highest BCUT2D eigenvalue weighted by molar-refractivity contribution is 5.92. The molecule has 0 N–H and O–H groups in total. The van der Waals surface area contributed by atoms with E-state index in [-0.39, 0.29) is 17.6 Å². The molecule has 0 aliphatic carbocycles. The molecule has 2 heterocycles. The molecular formula is C21H18F3N3O2. The van der Waals surface area contributed by atoms with Gasteiger partial charge in [-0.25, -0.2) is 4.98 Å². The Balaban J connectivity index is 2.03. The van der Waals surface area contributed by atoms with Crippen molar-refractivity contribution < 1.29 is 22.4 Å². The van der Waals surface area contributed by atoms with Gasteiger partial charge in [0.2, 0.25) is 5.82 Å². The molecule has 2 aromatic heterocycles. The van der Waals surface area contributed by atoms with E-state index in [2.05, 4.69) is 10.1 Å². The summed E-state index contributed by atoms with van der Waals surface area (Å²) in [6.45, 7) is 3.53. The van der Waals surface area contributed by atoms with Crippen molar-refractivity contribution in [2.24, 2.45) is 0 Å². The smallest absolute Gasteiger partial charge is 0.449 e. The average molecular weight is 401 g/mol. The summed E-state index contributed by atoms with van der Waals surface area (Å²) in [6.07, 6.45) is -4.61. The Morgan fingerprint density at radius 2 is 1.79 bits per heavy atom. The molecule has 8 heteroatoms. The van der Waals surface area contributed by atoms with Crippen molar-refractivity contribution in [3.05, 3.63) is 65.3 Å². The van der Waals surface area contributed by atoms with Crippen molar-refractivity contribution >= 4 is 11.0 Å². The Labute approximate surface area is 164 Å². The van der Waals surface area contributed by atoms with E-state index in [1.807, 2.05) is 6.07 Å². The minimum Gasteiger partial charge on any atom is -0.494 e. The fraction of sp³-hybridized carbons (Fsp3) is 0.238. The highest BCUT2D eigenvalue weighted by atomic mass is 19.4. The van der Waals surface area contributed by atoms with Gasteiger partial charge >= 0.3 is 6.18 Å². The van der Waals surface area contributed by atoms with Crippen molar-refractivity contribution in [3.63, 3.8) is 0 Å². The summed E-state index contributed by atoms with van der Waals surface area (Å²) in [7, 11) is 1.43. The average Bonchev–Trinajstić information content (AvgIpc) is 3.22. The quantitative estimate of drug-likeness (QED) is 0.460. The van der Waals surface area contributed by atoms with Crippen LogP contribution in [-0.2, 0) is 12.7 Å². The second-order valence-electron chi connectivity index (χ2n) is 6.72. The molecule has 0 unspecified atom stereocenters. The van der Waals surface area contributed by atoms with Gasteiger partial charge in [0.25, 0.3) is 0 Å². The van der Waals surface area contributed by atoms with E-state index in [4.69, 9.17) is 9.26 Å². The van der Waals surface area contributed by atoms with Crippen molar-refractivity contribution in [2.45, 2.75) is 26.6 Å². The maximum Gasteiger partial charge on any atom is 0.449 e. The molecule has 0 bridgehead atoms. The standard InChI is InChI=1S/C21H18F3N3O2/c1-12-17(13(2)29-26-12)15-9-10-16-18(19(15)28-3)27(20(25-16)21(22,23)24)11-14-7-5-4-6-8-14/h4-10H,11H2,1-3H3. The maximum atomic E-state index is 13.8. The Morgan fingerprint density at radius 1 is 1.07 bits per heavy atom. The molecule has 4 rings (SSSR count). The summed E-state index contributed by atoms with van der Waals surface area (Å²) >= 11 is 0. The lowest BCUT2D eigenvalue weighted by molar-refractivity contribution is -0.146. The monoisotopic (exact) mass is 401 g/mol. The SMILES string of the molecule is COc1c(-c2c(C)noc2C)ccc2nc(C(F)(F)F)n(Cc3ccccc3)c12. The van der Waals surface area contributed by atoms with E-state index >= 15 is 0 Å². The predicted molar refractivity (Wildman–Crippen MR) is 102 cm³/mol. The number of hydrogen-bond acceptors (Lipinski definition) is 4. The number of methoxy groups -OCH3 is 1. The number of aryl methyl sites for hydroxylation is 2. The molecule has 0 aliphatic heterocycles. The molecule has 150 valence electrons. The Bertz CT molecular complexity index is 1160. The Hall–Kier alpha value is -3.29. The third kappa shape index (κ3) is 3.24. The molecule has 29 heavy (non-hydrogen) atoms. The number of aromatic nitrogens is 3. The van der Waals surface area contributed by atoms with Crippen LogP contribution in [0.5, 0.6) is 5.75 Å². The normalized spacial score (nSPS) is 11.9. The van der Waals surface area contributed by atoms with E-state index in [1.54, 1.807) is 50.2 Å². The first-order valence-electron chi connectivity index (χ1n) is 8.93. The molecule has 0 aliphatic rings. The first-order valence-corrected chi connectivity index (χ1v) is 8.93. The van der Waals surface area contributed by atoms with Gasteiger partial charge in [-0.1, -0.05) is 35.5 Å². The zero-order valence-electron chi connectivity index (χ0n) is 16.0. The van der Waals surface area contributed by atoms with Gasteiger partial charge in [0.05, 0.1) is 23.9 Å². The third-order valence-corrected chi connectivity index (χ3v) is 4.81. The second kappa shape index (κ2) is 6.95. The van der Waals surface area contributed by atoms with Crippen molar-refractivity contribution in [3.8, 4) is 16.9 Å². The van der Waals surface area contributed by atoms with Crippen LogP contribution in [-0.4, -0.2) is 21.8 Å². The zero-order chi connectivity index (χ0) is 20.8. The molecule has 0 atom stereocenters. The van der Waals surface area contributed by atoms with Gasteiger partial charge in [-0.2, -0.15) is 13.2 Å². The number of ether oxygens (including phenoxy) is 1. The van der Waals surface area contributed by atoms with Crippen LogP contribution in [0.4, 0.5) is 13.2 Å². The lowest BCUT2D eigenvalue weighted by atomic mass is 10.0. The van der Waals surface area contributed by atoms with E-state index < -0.39 is 12.0 Å². The van der Waals surface area contributed by atoms with Crippen LogP contribution >= 0.6 is 0 Å². The van der Waals surface area contributed by atoms with Gasteiger partial charge in [-0.3, -0.25) is 0 Å². The molecular weight excluding hydrogens is 383 g/mol. The van der Waals surface area contributed by atoms with Crippen LogP contribution in [0.25, 0.3) is 22.2 Å². The lowest BCUT2D eigenvalue weighted by Crippen LogP contribution is -2.16. The van der Waals surface area contributed by atoms with Gasteiger partial charge in [0.15, 0.2) is 5.75 Å². The molecule has 0 fully saturated rings. The predicted octanol–water partition coefficient (Wildman–Crippen LogP) is 5.38.